The van der Waals surface area contributed by atoms with Crippen LogP contribution in [0.25, 0.3) is 0 Å². The van der Waals surface area contributed by atoms with Crippen molar-refractivity contribution in [1.29, 1.82) is 0 Å². The summed E-state index contributed by atoms with van der Waals surface area (Å²) in [6, 6.07) is 0. The fourth-order valence-corrected chi connectivity index (χ4v) is 1.45. The minimum absolute atomic E-state index is 0.0278. The maximum atomic E-state index is 12.0. The molecule has 0 amide bonds. The van der Waals surface area contributed by atoms with Crippen LogP contribution in [0.2, 0.25) is 0 Å². The highest BCUT2D eigenvalue weighted by Gasteiger charge is 2.14. The van der Waals surface area contributed by atoms with Crippen LogP contribution < -0.4 is 21.9 Å². The first-order chi connectivity index (χ1) is 9.38. The third-order valence-electron chi connectivity index (χ3n) is 2.56. The van der Waals surface area contributed by atoms with Gasteiger partial charge in [0, 0.05) is 12.1 Å². The van der Waals surface area contributed by atoms with Gasteiger partial charge in [-0.25, -0.2) is 23.7 Å². The lowest BCUT2D eigenvalue weighted by molar-refractivity contribution is -0.140. The van der Waals surface area contributed by atoms with Crippen LogP contribution in [0.3, 0.4) is 0 Å². The second-order valence-electron chi connectivity index (χ2n) is 4.33. The van der Waals surface area contributed by atoms with Crippen LogP contribution in [0.1, 0.15) is 33.1 Å². The summed E-state index contributed by atoms with van der Waals surface area (Å²) in [5.41, 5.74) is -2.87. The lowest BCUT2D eigenvalue weighted by Crippen LogP contribution is -2.52. The van der Waals surface area contributed by atoms with Crippen LogP contribution in [0.4, 0.5) is 0 Å². The molecule has 0 fully saturated rings. The van der Waals surface area contributed by atoms with Crippen LogP contribution in [0, 0.1) is 0 Å². The van der Waals surface area contributed by atoms with Gasteiger partial charge in [0.05, 0.1) is 0 Å². The number of carbonyl (C=O) groups excluding carboxylic acids is 1. The molecule has 0 unspecified atom stereocenters. The number of aromatic nitrogens is 3. The number of hydrogen-bond acceptors (Lipinski definition) is 5. The van der Waals surface area contributed by atoms with Crippen molar-refractivity contribution in [3.63, 3.8) is 0 Å². The molecule has 8 heteroatoms. The molecule has 0 spiro atoms. The molecule has 0 radical (unpaired) electrons. The van der Waals surface area contributed by atoms with E-state index in [4.69, 9.17) is 0 Å². The van der Waals surface area contributed by atoms with Gasteiger partial charge in [-0.05, 0) is 13.3 Å². The van der Waals surface area contributed by atoms with Crippen LogP contribution in [0.15, 0.2) is 26.5 Å². The van der Waals surface area contributed by atoms with E-state index in [0.29, 0.717) is 6.42 Å². The Balaban J connectivity index is 3.19. The summed E-state index contributed by atoms with van der Waals surface area (Å²) in [5, 5.41) is 0. The van der Waals surface area contributed by atoms with E-state index >= 15 is 0 Å². The summed E-state index contributed by atoms with van der Waals surface area (Å²) in [5.74, 6) is -0.920. The van der Waals surface area contributed by atoms with Gasteiger partial charge in [0.2, 0.25) is 0 Å². The molecular formula is C12H17N3O5. The van der Waals surface area contributed by atoms with Gasteiger partial charge < -0.3 is 4.84 Å². The number of H-pyrrole nitrogens is 1. The molecule has 0 atom stereocenters. The molecule has 1 aromatic heterocycles. The molecule has 0 aliphatic carbocycles. The quantitative estimate of drug-likeness (QED) is 0.555. The molecule has 1 N–H and O–H groups in total. The SMILES string of the molecule is C=C(C)C(=O)On1c(=O)[nH]c(=O)n(CCCCC)c1=O. The van der Waals surface area contributed by atoms with Crippen molar-refractivity contribution >= 4 is 5.97 Å². The van der Waals surface area contributed by atoms with Crippen molar-refractivity contribution in [2.75, 3.05) is 0 Å². The first-order valence-corrected chi connectivity index (χ1v) is 6.22. The van der Waals surface area contributed by atoms with Crippen molar-refractivity contribution in [1.82, 2.24) is 14.3 Å². The Hall–Kier alpha value is -2.38. The third kappa shape index (κ3) is 3.56. The van der Waals surface area contributed by atoms with Crippen molar-refractivity contribution in [3.8, 4) is 0 Å². The van der Waals surface area contributed by atoms with Crippen molar-refractivity contribution in [3.05, 3.63) is 43.6 Å². The lowest BCUT2D eigenvalue weighted by atomic mass is 10.2. The zero-order chi connectivity index (χ0) is 15.3. The predicted molar refractivity (Wildman–Crippen MR) is 71.5 cm³/mol. The van der Waals surface area contributed by atoms with Crippen molar-refractivity contribution < 1.29 is 9.63 Å². The van der Waals surface area contributed by atoms with Gasteiger partial charge in [0.25, 0.3) is 0 Å². The Morgan fingerprint density at radius 2 is 1.90 bits per heavy atom. The Kier molecular flexibility index (Phi) is 5.24. The van der Waals surface area contributed by atoms with Crippen LogP contribution >= 0.6 is 0 Å². The van der Waals surface area contributed by atoms with E-state index < -0.39 is 23.0 Å². The second kappa shape index (κ2) is 6.69. The normalized spacial score (nSPS) is 10.3. The predicted octanol–water partition coefficient (Wildman–Crippen LogP) is -0.580. The Bertz CT molecular complexity index is 680. The number of nitrogens with one attached hydrogen (secondary N) is 1. The van der Waals surface area contributed by atoms with Gasteiger partial charge >= 0.3 is 23.0 Å². The molecule has 0 saturated carbocycles. The standard InChI is InChI=1S/C12H17N3O5/c1-4-5-6-7-14-10(17)13-11(18)15(12(14)19)20-9(16)8(2)3/h2,4-7H2,1,3H3,(H,13,17,18). The van der Waals surface area contributed by atoms with E-state index in [1.54, 1.807) is 0 Å². The first-order valence-electron chi connectivity index (χ1n) is 6.22. The molecule has 110 valence electrons. The molecular weight excluding hydrogens is 266 g/mol. The highest BCUT2D eigenvalue weighted by molar-refractivity contribution is 5.87. The second-order valence-corrected chi connectivity index (χ2v) is 4.33. The zero-order valence-electron chi connectivity index (χ0n) is 11.5. The minimum atomic E-state index is -1.10. The first kappa shape index (κ1) is 15.7. The third-order valence-corrected chi connectivity index (χ3v) is 2.56. The Morgan fingerprint density at radius 1 is 1.25 bits per heavy atom. The molecule has 1 heterocycles. The number of hydrogen-bond donors (Lipinski definition) is 1. The highest BCUT2D eigenvalue weighted by Crippen LogP contribution is 1.94. The van der Waals surface area contributed by atoms with Gasteiger partial charge in [0.1, 0.15) is 0 Å². The van der Waals surface area contributed by atoms with E-state index in [1.165, 1.54) is 6.92 Å². The fraction of sp³-hybridized carbons (Fsp3) is 0.500. The summed E-state index contributed by atoms with van der Waals surface area (Å²) >= 11 is 0. The molecule has 0 aromatic carbocycles. The summed E-state index contributed by atoms with van der Waals surface area (Å²) in [6.45, 7) is 6.83. The largest absolute Gasteiger partial charge is 0.370 e. The summed E-state index contributed by atoms with van der Waals surface area (Å²) in [4.78, 5) is 52.9. The van der Waals surface area contributed by atoms with Gasteiger partial charge in [-0.1, -0.05) is 31.1 Å². The van der Waals surface area contributed by atoms with Crippen LogP contribution in [-0.2, 0) is 11.3 Å². The maximum Gasteiger partial charge on any atom is 0.370 e. The summed E-state index contributed by atoms with van der Waals surface area (Å²) in [6.07, 6.45) is 2.35. The topological polar surface area (TPSA) is 103 Å². The molecule has 20 heavy (non-hydrogen) atoms. The number of carbonyl (C=O) groups is 1. The molecule has 0 saturated heterocycles. The van der Waals surface area contributed by atoms with E-state index in [0.717, 1.165) is 17.4 Å². The molecule has 0 aliphatic rings. The Labute approximate surface area is 114 Å². The Morgan fingerprint density at radius 3 is 2.45 bits per heavy atom. The number of rotatable bonds is 6. The van der Waals surface area contributed by atoms with Gasteiger partial charge in [-0.15, -0.1) is 0 Å². The fourth-order valence-electron chi connectivity index (χ4n) is 1.45. The van der Waals surface area contributed by atoms with Crippen molar-refractivity contribution in [2.45, 2.75) is 39.7 Å². The van der Waals surface area contributed by atoms with Crippen LogP contribution in [0.5, 0.6) is 0 Å². The van der Waals surface area contributed by atoms with Crippen LogP contribution in [-0.4, -0.2) is 20.3 Å². The molecule has 0 aliphatic heterocycles. The average Bonchev–Trinajstić information content (AvgIpc) is 2.38. The average molecular weight is 283 g/mol. The molecule has 0 bridgehead atoms. The van der Waals surface area contributed by atoms with Gasteiger partial charge in [-0.2, -0.15) is 0 Å². The number of aromatic amines is 1. The molecule has 8 nitrogen and oxygen atoms in total. The minimum Gasteiger partial charge on any atom is -0.322 e. The summed E-state index contributed by atoms with van der Waals surface area (Å²) < 4.78 is 1.05. The summed E-state index contributed by atoms with van der Waals surface area (Å²) in [7, 11) is 0. The van der Waals surface area contributed by atoms with Crippen molar-refractivity contribution in [2.24, 2.45) is 0 Å². The van der Waals surface area contributed by atoms with E-state index in [-0.39, 0.29) is 16.8 Å². The lowest BCUT2D eigenvalue weighted by Gasteiger charge is -2.08. The monoisotopic (exact) mass is 283 g/mol. The number of unbranched alkanes of at least 4 members (excludes halogenated alkanes) is 2. The van der Waals surface area contributed by atoms with E-state index in [9.17, 15) is 19.2 Å². The molecule has 1 aromatic rings. The van der Waals surface area contributed by atoms with E-state index in [1.807, 2.05) is 11.9 Å². The van der Waals surface area contributed by atoms with Gasteiger partial charge in [-0.3, -0.25) is 4.98 Å². The molecule has 1 rings (SSSR count). The highest BCUT2D eigenvalue weighted by atomic mass is 16.7. The smallest absolute Gasteiger partial charge is 0.322 e. The zero-order valence-corrected chi connectivity index (χ0v) is 11.5. The maximum absolute atomic E-state index is 12.0. The van der Waals surface area contributed by atoms with E-state index in [2.05, 4.69) is 11.4 Å². The number of nitrogens with zero attached hydrogens (tertiary/aromatic N) is 2. The van der Waals surface area contributed by atoms with Gasteiger partial charge in [0.15, 0.2) is 0 Å².